The van der Waals surface area contributed by atoms with E-state index < -0.39 is 16.0 Å². The molecule has 6 heteroatoms. The zero-order valence-electron chi connectivity index (χ0n) is 10.4. The summed E-state index contributed by atoms with van der Waals surface area (Å²) in [5.74, 6) is -0.613. The lowest BCUT2D eigenvalue weighted by Gasteiger charge is -2.08. The van der Waals surface area contributed by atoms with Gasteiger partial charge in [0.15, 0.2) is 10.3 Å². The third-order valence-electron chi connectivity index (χ3n) is 2.75. The van der Waals surface area contributed by atoms with Gasteiger partial charge in [0.1, 0.15) is 0 Å². The van der Waals surface area contributed by atoms with E-state index >= 15 is 0 Å². The molecule has 0 aliphatic carbocycles. The third kappa shape index (κ3) is 3.06. The number of carbonyl (C=O) groups is 1. The molecule has 20 heavy (non-hydrogen) atoms. The largest absolute Gasteiger partial charge is 0.356 e. The number of rotatable bonds is 3. The van der Waals surface area contributed by atoms with Crippen molar-refractivity contribution in [2.75, 3.05) is 0 Å². The van der Waals surface area contributed by atoms with Crippen molar-refractivity contribution in [1.82, 2.24) is 4.57 Å². The summed E-state index contributed by atoms with van der Waals surface area (Å²) in [7, 11) is 1.71. The first-order valence-electron chi connectivity index (χ1n) is 5.68. The summed E-state index contributed by atoms with van der Waals surface area (Å²) in [4.78, 5) is 23.0. The van der Waals surface area contributed by atoms with Crippen molar-refractivity contribution in [3.8, 4) is 11.1 Å². The lowest BCUT2D eigenvalue weighted by Crippen LogP contribution is -2.22. The van der Waals surface area contributed by atoms with Gasteiger partial charge in [0, 0.05) is 30.0 Å². The number of Topliss-reactive ketones (excluding diaryl/α,β-unsaturated/α-hetero) is 1. The van der Waals surface area contributed by atoms with E-state index in [0.717, 1.165) is 0 Å². The summed E-state index contributed by atoms with van der Waals surface area (Å²) >= 11 is 17.0. The van der Waals surface area contributed by atoms with Crippen molar-refractivity contribution in [1.29, 1.82) is 0 Å². The Labute approximate surface area is 130 Å². The van der Waals surface area contributed by atoms with Crippen molar-refractivity contribution in [3.63, 3.8) is 0 Å². The summed E-state index contributed by atoms with van der Waals surface area (Å²) < 4.78 is 1.61. The number of aryl methyl sites for hydroxylation is 1. The molecule has 0 fully saturated rings. The molecule has 0 radical (unpaired) electrons. The predicted octanol–water partition coefficient (Wildman–Crippen LogP) is 3.69. The number of ketones is 1. The van der Waals surface area contributed by atoms with Gasteiger partial charge in [-0.05, 0) is 17.7 Å². The van der Waals surface area contributed by atoms with Crippen LogP contribution in [0.15, 0.2) is 41.5 Å². The molecule has 0 unspecified atom stereocenters. The topological polar surface area (TPSA) is 39.1 Å². The lowest BCUT2D eigenvalue weighted by molar-refractivity contribution is 0.100. The molecule has 0 N–H and O–H groups in total. The molecule has 0 atom stereocenters. The Hall–Kier alpha value is -1.29. The minimum absolute atomic E-state index is 0.0417. The van der Waals surface area contributed by atoms with E-state index in [1.807, 2.05) is 0 Å². The normalized spacial score (nSPS) is 10.8. The van der Waals surface area contributed by atoms with Gasteiger partial charge in [-0.2, -0.15) is 0 Å². The van der Waals surface area contributed by atoms with Crippen molar-refractivity contribution in [2.24, 2.45) is 7.05 Å². The Morgan fingerprint density at radius 3 is 2.55 bits per heavy atom. The maximum Gasteiger partial charge on any atom is 0.201 e. The van der Waals surface area contributed by atoms with Gasteiger partial charge in [0.2, 0.25) is 5.78 Å². The molecular formula is C14H10Cl3NO2. The van der Waals surface area contributed by atoms with Crippen molar-refractivity contribution < 1.29 is 4.79 Å². The number of pyridine rings is 1. The molecular weight excluding hydrogens is 321 g/mol. The molecule has 0 amide bonds. The van der Waals surface area contributed by atoms with E-state index in [4.69, 9.17) is 34.8 Å². The molecule has 2 aromatic rings. The highest BCUT2D eigenvalue weighted by atomic mass is 35.5. The average molecular weight is 331 g/mol. The minimum atomic E-state index is -1.27. The van der Waals surface area contributed by atoms with Crippen molar-refractivity contribution >= 4 is 40.6 Å². The first-order chi connectivity index (χ1) is 9.40. The molecule has 0 bridgehead atoms. The van der Waals surface area contributed by atoms with Crippen LogP contribution < -0.4 is 5.43 Å². The molecule has 0 saturated carbocycles. The van der Waals surface area contributed by atoms with Crippen LogP contribution in [0.1, 0.15) is 10.4 Å². The Balaban J connectivity index is 2.67. The second-order valence-corrected chi connectivity index (χ2v) is 5.79. The van der Waals surface area contributed by atoms with E-state index in [0.29, 0.717) is 16.1 Å². The molecule has 0 spiro atoms. The maximum absolute atomic E-state index is 12.4. The Bertz CT molecular complexity index is 723. The van der Waals surface area contributed by atoms with Gasteiger partial charge in [-0.15, -0.1) is 0 Å². The number of nitrogens with zero attached hydrogens (tertiary/aromatic N) is 1. The van der Waals surface area contributed by atoms with E-state index in [1.54, 1.807) is 42.1 Å². The van der Waals surface area contributed by atoms with E-state index in [9.17, 15) is 9.59 Å². The van der Waals surface area contributed by atoms with Crippen LogP contribution in [0.5, 0.6) is 0 Å². The number of aromatic nitrogens is 1. The highest BCUT2D eigenvalue weighted by Gasteiger charge is 2.20. The van der Waals surface area contributed by atoms with Crippen LogP contribution in [0.25, 0.3) is 11.1 Å². The van der Waals surface area contributed by atoms with Gasteiger partial charge >= 0.3 is 0 Å². The van der Waals surface area contributed by atoms with Crippen LogP contribution >= 0.6 is 34.8 Å². The summed E-state index contributed by atoms with van der Waals surface area (Å²) in [6.45, 7) is 0. The number of hydrogen-bond acceptors (Lipinski definition) is 2. The maximum atomic E-state index is 12.4. The molecule has 1 aromatic carbocycles. The Morgan fingerprint density at radius 1 is 1.25 bits per heavy atom. The first kappa shape index (κ1) is 15.1. The third-order valence-corrected chi connectivity index (χ3v) is 3.39. The number of hydrogen-bond donors (Lipinski definition) is 0. The highest BCUT2D eigenvalue weighted by molar-refractivity contribution is 6.55. The SMILES string of the molecule is Cn1cc(C(=O)C(Cl)Cl)c(=O)c(-c2cccc(Cl)c2)c1. The van der Waals surface area contributed by atoms with Gasteiger partial charge in [0.05, 0.1) is 5.56 Å². The average Bonchev–Trinajstić information content (AvgIpc) is 2.40. The lowest BCUT2D eigenvalue weighted by atomic mass is 10.0. The molecule has 2 rings (SSSR count). The van der Waals surface area contributed by atoms with Crippen LogP contribution in [0.3, 0.4) is 0 Å². The summed E-state index contributed by atoms with van der Waals surface area (Å²) in [5, 5.41) is 0.508. The van der Waals surface area contributed by atoms with Crippen LogP contribution in [-0.4, -0.2) is 15.2 Å². The van der Waals surface area contributed by atoms with Crippen LogP contribution in [0.2, 0.25) is 5.02 Å². The molecule has 1 aromatic heterocycles. The number of carbonyl (C=O) groups excluding carboxylic acids is 1. The van der Waals surface area contributed by atoms with E-state index in [-0.39, 0.29) is 5.56 Å². The van der Waals surface area contributed by atoms with E-state index in [1.165, 1.54) is 6.20 Å². The van der Waals surface area contributed by atoms with E-state index in [2.05, 4.69) is 0 Å². The quantitative estimate of drug-likeness (QED) is 0.636. The Morgan fingerprint density at radius 2 is 1.95 bits per heavy atom. The fourth-order valence-corrected chi connectivity index (χ4v) is 2.29. The number of alkyl halides is 2. The molecule has 0 aliphatic heterocycles. The van der Waals surface area contributed by atoms with Crippen molar-refractivity contribution in [2.45, 2.75) is 4.84 Å². The number of benzene rings is 1. The first-order valence-corrected chi connectivity index (χ1v) is 6.94. The van der Waals surface area contributed by atoms with Crippen molar-refractivity contribution in [3.05, 3.63) is 57.5 Å². The zero-order chi connectivity index (χ0) is 14.9. The van der Waals surface area contributed by atoms with Gasteiger partial charge < -0.3 is 4.57 Å². The standard InChI is InChI=1S/C14H10Cl3NO2/c1-18-6-10(8-3-2-4-9(15)5-8)12(19)11(7-18)13(20)14(16)17/h2-7,14H,1H3. The molecule has 3 nitrogen and oxygen atoms in total. The summed E-state index contributed by atoms with van der Waals surface area (Å²) in [6, 6.07) is 6.84. The van der Waals surface area contributed by atoms with Gasteiger partial charge in [-0.1, -0.05) is 46.9 Å². The second kappa shape index (κ2) is 6.00. The summed E-state index contributed by atoms with van der Waals surface area (Å²) in [5.41, 5.74) is 0.546. The van der Waals surface area contributed by atoms with Crippen LogP contribution in [-0.2, 0) is 7.05 Å². The minimum Gasteiger partial charge on any atom is -0.356 e. The number of halogens is 3. The predicted molar refractivity (Wildman–Crippen MR) is 82.0 cm³/mol. The molecule has 1 heterocycles. The highest BCUT2D eigenvalue weighted by Crippen LogP contribution is 2.21. The van der Waals surface area contributed by atoms with Gasteiger partial charge in [0.25, 0.3) is 0 Å². The second-order valence-electron chi connectivity index (χ2n) is 4.26. The zero-order valence-corrected chi connectivity index (χ0v) is 12.7. The summed E-state index contributed by atoms with van der Waals surface area (Å²) in [6.07, 6.45) is 3.04. The molecule has 104 valence electrons. The van der Waals surface area contributed by atoms with Crippen LogP contribution in [0, 0.1) is 0 Å². The Kier molecular flexibility index (Phi) is 4.53. The molecule has 0 saturated heterocycles. The van der Waals surface area contributed by atoms with Crippen LogP contribution in [0.4, 0.5) is 0 Å². The fourth-order valence-electron chi connectivity index (χ4n) is 1.86. The van der Waals surface area contributed by atoms with Gasteiger partial charge in [-0.25, -0.2) is 0 Å². The fraction of sp³-hybridized carbons (Fsp3) is 0.143. The smallest absolute Gasteiger partial charge is 0.201 e. The molecule has 0 aliphatic rings. The van der Waals surface area contributed by atoms with Gasteiger partial charge in [-0.3, -0.25) is 9.59 Å². The monoisotopic (exact) mass is 329 g/mol.